The summed E-state index contributed by atoms with van der Waals surface area (Å²) in [6.07, 6.45) is 0. The van der Waals surface area contributed by atoms with Gasteiger partial charge in [0, 0.05) is 6.54 Å². The van der Waals surface area contributed by atoms with Gasteiger partial charge in [0.15, 0.2) is 0 Å². The van der Waals surface area contributed by atoms with Crippen molar-refractivity contribution in [1.82, 2.24) is 5.32 Å². The quantitative estimate of drug-likeness (QED) is 0.862. The molecule has 0 saturated heterocycles. The first-order chi connectivity index (χ1) is 10.0. The fraction of sp³-hybridized carbons (Fsp3) is 0.200. The van der Waals surface area contributed by atoms with Crippen molar-refractivity contribution < 1.29 is 12.8 Å². The number of rotatable bonds is 6. The molecule has 0 aliphatic carbocycles. The van der Waals surface area contributed by atoms with E-state index in [0.29, 0.717) is 12.1 Å². The van der Waals surface area contributed by atoms with Gasteiger partial charge in [-0.2, -0.15) is 0 Å². The number of sulfonamides is 1. The summed E-state index contributed by atoms with van der Waals surface area (Å²) in [5, 5.41) is 3.09. The highest BCUT2D eigenvalue weighted by atomic mass is 32.2. The van der Waals surface area contributed by atoms with E-state index in [1.54, 1.807) is 24.3 Å². The summed E-state index contributed by atoms with van der Waals surface area (Å²) < 4.78 is 40.8. The summed E-state index contributed by atoms with van der Waals surface area (Å²) in [6, 6.07) is 12.3. The molecule has 2 aromatic rings. The molecule has 0 aliphatic heterocycles. The van der Waals surface area contributed by atoms with E-state index in [2.05, 4.69) is 10.0 Å². The number of hydrogen-bond donors (Lipinski definition) is 2. The Morgan fingerprint density at radius 2 is 1.71 bits per heavy atom. The van der Waals surface area contributed by atoms with Gasteiger partial charge in [0.1, 0.15) is 5.82 Å². The Hall–Kier alpha value is -1.92. The molecular formula is C15H17FN2O2S. The van der Waals surface area contributed by atoms with Crippen LogP contribution in [-0.2, 0) is 16.6 Å². The molecule has 2 N–H and O–H groups in total. The molecular weight excluding hydrogens is 291 g/mol. The Labute approximate surface area is 124 Å². The first-order valence-electron chi connectivity index (χ1n) is 6.60. The van der Waals surface area contributed by atoms with Gasteiger partial charge in [0.2, 0.25) is 0 Å². The lowest BCUT2D eigenvalue weighted by molar-refractivity contribution is 0.596. The van der Waals surface area contributed by atoms with E-state index in [9.17, 15) is 12.8 Å². The van der Waals surface area contributed by atoms with Crippen molar-refractivity contribution in [2.75, 3.05) is 11.3 Å². The van der Waals surface area contributed by atoms with Crippen molar-refractivity contribution in [3.63, 3.8) is 0 Å². The fourth-order valence-corrected chi connectivity index (χ4v) is 3.22. The Balaban J connectivity index is 2.34. The van der Waals surface area contributed by atoms with Crippen molar-refractivity contribution in [3.05, 3.63) is 59.9 Å². The van der Waals surface area contributed by atoms with E-state index >= 15 is 0 Å². The molecule has 0 atom stereocenters. The molecule has 2 rings (SSSR count). The highest BCUT2D eigenvalue weighted by Gasteiger charge is 2.19. The lowest BCUT2D eigenvalue weighted by Crippen LogP contribution is -2.19. The first kappa shape index (κ1) is 15.5. The number of halogens is 1. The summed E-state index contributed by atoms with van der Waals surface area (Å²) in [4.78, 5) is 0.147. The topological polar surface area (TPSA) is 58.2 Å². The molecule has 0 fully saturated rings. The second-order valence-corrected chi connectivity index (χ2v) is 6.12. The predicted octanol–water partition coefficient (Wildman–Crippen LogP) is 2.74. The molecule has 0 unspecified atom stereocenters. The standard InChI is InChI=1S/C15H17FN2O2S/c1-2-17-11-12-7-3-6-10-15(12)21(19,20)18-14-9-5-4-8-13(14)16/h3-10,17-18H,2,11H2,1H3. The molecule has 4 nitrogen and oxygen atoms in total. The SMILES string of the molecule is CCNCc1ccccc1S(=O)(=O)Nc1ccccc1F. The summed E-state index contributed by atoms with van der Waals surface area (Å²) >= 11 is 0. The average molecular weight is 308 g/mol. The van der Waals surface area contributed by atoms with Crippen LogP contribution in [0, 0.1) is 5.82 Å². The third kappa shape index (κ3) is 3.80. The fourth-order valence-electron chi connectivity index (χ4n) is 1.92. The second kappa shape index (κ2) is 6.69. The van der Waals surface area contributed by atoms with Crippen LogP contribution < -0.4 is 10.0 Å². The molecule has 0 amide bonds. The van der Waals surface area contributed by atoms with Gasteiger partial charge in [-0.1, -0.05) is 37.3 Å². The highest BCUT2D eigenvalue weighted by molar-refractivity contribution is 7.92. The van der Waals surface area contributed by atoms with Crippen LogP contribution in [0.25, 0.3) is 0 Å². The Kier molecular flexibility index (Phi) is 4.93. The number of anilines is 1. The minimum atomic E-state index is -3.83. The zero-order chi connectivity index (χ0) is 15.3. The van der Waals surface area contributed by atoms with Crippen molar-refractivity contribution in [1.29, 1.82) is 0 Å². The van der Waals surface area contributed by atoms with Crippen LogP contribution in [0.5, 0.6) is 0 Å². The second-order valence-electron chi connectivity index (χ2n) is 4.47. The molecule has 0 aliphatic rings. The highest BCUT2D eigenvalue weighted by Crippen LogP contribution is 2.21. The van der Waals surface area contributed by atoms with Crippen molar-refractivity contribution in [2.24, 2.45) is 0 Å². The molecule has 0 bridgehead atoms. The molecule has 0 heterocycles. The third-order valence-electron chi connectivity index (χ3n) is 2.95. The van der Waals surface area contributed by atoms with Crippen LogP contribution in [0.1, 0.15) is 12.5 Å². The van der Waals surface area contributed by atoms with Crippen LogP contribution in [-0.4, -0.2) is 15.0 Å². The first-order valence-corrected chi connectivity index (χ1v) is 8.09. The summed E-state index contributed by atoms with van der Waals surface area (Å²) in [5.41, 5.74) is 0.582. The average Bonchev–Trinajstić information content (AvgIpc) is 2.47. The molecule has 2 aromatic carbocycles. The Morgan fingerprint density at radius 1 is 1.05 bits per heavy atom. The molecule has 0 aromatic heterocycles. The minimum Gasteiger partial charge on any atom is -0.313 e. The van der Waals surface area contributed by atoms with Gasteiger partial charge in [-0.15, -0.1) is 0 Å². The minimum absolute atomic E-state index is 0.0595. The number of nitrogens with one attached hydrogen (secondary N) is 2. The number of para-hydroxylation sites is 1. The van der Waals surface area contributed by atoms with E-state index < -0.39 is 15.8 Å². The van der Waals surface area contributed by atoms with Gasteiger partial charge in [-0.25, -0.2) is 12.8 Å². The Morgan fingerprint density at radius 3 is 2.43 bits per heavy atom. The van der Waals surface area contributed by atoms with Gasteiger partial charge >= 0.3 is 0 Å². The smallest absolute Gasteiger partial charge is 0.262 e. The van der Waals surface area contributed by atoms with Crippen molar-refractivity contribution >= 4 is 15.7 Å². The number of benzene rings is 2. The van der Waals surface area contributed by atoms with Gasteiger partial charge < -0.3 is 5.32 Å². The van der Waals surface area contributed by atoms with Gasteiger partial charge in [0.05, 0.1) is 10.6 Å². The van der Waals surface area contributed by atoms with Crippen molar-refractivity contribution in [2.45, 2.75) is 18.4 Å². The molecule has 112 valence electrons. The maximum absolute atomic E-state index is 13.6. The maximum Gasteiger partial charge on any atom is 0.262 e. The van der Waals surface area contributed by atoms with E-state index in [1.807, 2.05) is 6.92 Å². The molecule has 21 heavy (non-hydrogen) atoms. The zero-order valence-corrected chi connectivity index (χ0v) is 12.5. The third-order valence-corrected chi connectivity index (χ3v) is 4.41. The summed E-state index contributed by atoms with van der Waals surface area (Å²) in [6.45, 7) is 3.11. The van der Waals surface area contributed by atoms with E-state index in [4.69, 9.17) is 0 Å². The normalized spacial score (nSPS) is 11.3. The molecule has 0 radical (unpaired) electrons. The Bertz CT molecular complexity index is 717. The summed E-state index contributed by atoms with van der Waals surface area (Å²) in [5.74, 6) is -0.606. The van der Waals surface area contributed by atoms with Crippen LogP contribution in [0.3, 0.4) is 0 Å². The largest absolute Gasteiger partial charge is 0.313 e. The van der Waals surface area contributed by atoms with Crippen LogP contribution >= 0.6 is 0 Å². The zero-order valence-electron chi connectivity index (χ0n) is 11.6. The summed E-state index contributed by atoms with van der Waals surface area (Å²) in [7, 11) is -3.83. The van der Waals surface area contributed by atoms with E-state index in [1.165, 1.54) is 24.3 Å². The van der Waals surface area contributed by atoms with Gasteiger partial charge in [0.25, 0.3) is 10.0 Å². The van der Waals surface area contributed by atoms with Crippen LogP contribution in [0.15, 0.2) is 53.4 Å². The van der Waals surface area contributed by atoms with E-state index in [-0.39, 0.29) is 10.6 Å². The lowest BCUT2D eigenvalue weighted by atomic mass is 10.2. The lowest BCUT2D eigenvalue weighted by Gasteiger charge is -2.13. The van der Waals surface area contributed by atoms with Crippen LogP contribution in [0.2, 0.25) is 0 Å². The van der Waals surface area contributed by atoms with Gasteiger partial charge in [-0.05, 0) is 30.3 Å². The molecule has 6 heteroatoms. The van der Waals surface area contributed by atoms with Crippen LogP contribution in [0.4, 0.5) is 10.1 Å². The van der Waals surface area contributed by atoms with Gasteiger partial charge in [-0.3, -0.25) is 4.72 Å². The maximum atomic E-state index is 13.6. The molecule has 0 saturated carbocycles. The molecule has 0 spiro atoms. The predicted molar refractivity (Wildman–Crippen MR) is 81.0 cm³/mol. The number of hydrogen-bond acceptors (Lipinski definition) is 3. The van der Waals surface area contributed by atoms with E-state index in [0.717, 1.165) is 6.54 Å². The van der Waals surface area contributed by atoms with Crippen molar-refractivity contribution in [3.8, 4) is 0 Å². The monoisotopic (exact) mass is 308 g/mol.